The van der Waals surface area contributed by atoms with Crippen molar-refractivity contribution in [3.63, 3.8) is 0 Å². The second kappa shape index (κ2) is 5.92. The highest BCUT2D eigenvalue weighted by Gasteiger charge is 2.18. The number of benzene rings is 1. The van der Waals surface area contributed by atoms with Crippen LogP contribution in [0.5, 0.6) is 0 Å². The van der Waals surface area contributed by atoms with Crippen molar-refractivity contribution in [1.29, 1.82) is 0 Å². The van der Waals surface area contributed by atoms with Crippen molar-refractivity contribution in [2.24, 2.45) is 0 Å². The van der Waals surface area contributed by atoms with Crippen molar-refractivity contribution >= 4 is 15.8 Å². The highest BCUT2D eigenvalue weighted by atomic mass is 28.1. The fourth-order valence-electron chi connectivity index (χ4n) is 3.29. The molecule has 1 aromatic carbocycles. The lowest BCUT2D eigenvalue weighted by atomic mass is 9.89. The Morgan fingerprint density at radius 1 is 1.11 bits per heavy atom. The minimum Gasteiger partial charge on any atom is -0.0843 e. The summed E-state index contributed by atoms with van der Waals surface area (Å²) in [6.45, 7) is 9.00. The van der Waals surface area contributed by atoms with Gasteiger partial charge in [-0.1, -0.05) is 42.3 Å². The van der Waals surface area contributed by atoms with Crippen LogP contribution in [0.1, 0.15) is 54.9 Å². The third-order valence-corrected chi connectivity index (χ3v) is 5.19. The molecular weight excluding hydrogens is 244 g/mol. The molecule has 0 bridgehead atoms. The third kappa shape index (κ3) is 2.92. The average Bonchev–Trinajstić information content (AvgIpc) is 2.67. The van der Waals surface area contributed by atoms with E-state index in [1.165, 1.54) is 58.2 Å². The summed E-state index contributed by atoms with van der Waals surface area (Å²) in [7, 11) is 1.21. The normalized spacial score (nSPS) is 15.3. The van der Waals surface area contributed by atoms with Crippen LogP contribution in [0.4, 0.5) is 0 Å². The second-order valence-corrected chi connectivity index (χ2v) is 7.17. The van der Waals surface area contributed by atoms with Crippen molar-refractivity contribution in [3.05, 3.63) is 51.2 Å². The SMILES string of the molecule is CCCCC1=C([SiH3])CC=C1c1c(C)cc(C)cc1C. The minimum absolute atomic E-state index is 1.20. The van der Waals surface area contributed by atoms with E-state index in [2.05, 4.69) is 45.9 Å². The number of aryl methyl sites for hydroxylation is 3. The first kappa shape index (κ1) is 14.3. The van der Waals surface area contributed by atoms with Crippen LogP contribution < -0.4 is 0 Å². The molecule has 102 valence electrons. The molecule has 0 N–H and O–H groups in total. The lowest BCUT2D eigenvalue weighted by Gasteiger charge is -2.16. The van der Waals surface area contributed by atoms with Crippen LogP contribution in [0.3, 0.4) is 0 Å². The van der Waals surface area contributed by atoms with Crippen LogP contribution in [0.15, 0.2) is 29.0 Å². The van der Waals surface area contributed by atoms with Gasteiger partial charge in [-0.15, -0.1) is 0 Å². The summed E-state index contributed by atoms with van der Waals surface area (Å²) in [4.78, 5) is 0. The molecule has 1 aliphatic rings. The molecule has 2 rings (SSSR count). The first-order chi connectivity index (χ1) is 9.04. The van der Waals surface area contributed by atoms with Gasteiger partial charge < -0.3 is 0 Å². The number of hydrogen-bond acceptors (Lipinski definition) is 0. The van der Waals surface area contributed by atoms with E-state index in [0.717, 1.165) is 0 Å². The Kier molecular flexibility index (Phi) is 4.46. The van der Waals surface area contributed by atoms with Crippen molar-refractivity contribution in [2.45, 2.75) is 53.4 Å². The molecule has 0 spiro atoms. The maximum absolute atomic E-state index is 2.47. The van der Waals surface area contributed by atoms with Crippen molar-refractivity contribution < 1.29 is 0 Å². The summed E-state index contributed by atoms with van der Waals surface area (Å²) in [6.07, 6.45) is 7.55. The van der Waals surface area contributed by atoms with Crippen molar-refractivity contribution in [3.8, 4) is 0 Å². The quantitative estimate of drug-likeness (QED) is 0.719. The van der Waals surface area contributed by atoms with E-state index in [1.807, 2.05) is 0 Å². The van der Waals surface area contributed by atoms with Gasteiger partial charge in [0.25, 0.3) is 0 Å². The summed E-state index contributed by atoms with van der Waals surface area (Å²) in [6, 6.07) is 4.65. The molecule has 0 saturated heterocycles. The molecule has 1 heteroatoms. The standard InChI is InChI=1S/C18H26Si/c1-5-6-7-15-16(8-9-17(15)19)18-13(3)10-12(2)11-14(18)4/h8,10-11H,5-7,9H2,1-4,19H3. The van der Waals surface area contributed by atoms with E-state index >= 15 is 0 Å². The van der Waals surface area contributed by atoms with Gasteiger partial charge >= 0.3 is 0 Å². The molecule has 0 fully saturated rings. The zero-order valence-electron chi connectivity index (χ0n) is 13.1. The highest BCUT2D eigenvalue weighted by Crippen LogP contribution is 2.38. The van der Waals surface area contributed by atoms with Crippen molar-refractivity contribution in [2.75, 3.05) is 0 Å². The van der Waals surface area contributed by atoms with E-state index in [1.54, 1.807) is 16.3 Å². The molecule has 0 saturated carbocycles. The summed E-state index contributed by atoms with van der Waals surface area (Å²) >= 11 is 0. The summed E-state index contributed by atoms with van der Waals surface area (Å²) in [5.74, 6) is 0. The van der Waals surface area contributed by atoms with Gasteiger partial charge in [0.1, 0.15) is 0 Å². The van der Waals surface area contributed by atoms with Gasteiger partial charge in [-0.25, -0.2) is 0 Å². The molecule has 19 heavy (non-hydrogen) atoms. The molecule has 1 aromatic rings. The Balaban J connectivity index is 2.42. The van der Waals surface area contributed by atoms with Gasteiger partial charge in [0.2, 0.25) is 0 Å². The van der Waals surface area contributed by atoms with Gasteiger partial charge in [-0.05, 0) is 67.9 Å². The topological polar surface area (TPSA) is 0 Å². The number of hydrogen-bond donors (Lipinski definition) is 0. The first-order valence-electron chi connectivity index (χ1n) is 7.52. The van der Waals surface area contributed by atoms with E-state index in [-0.39, 0.29) is 0 Å². The molecule has 0 aromatic heterocycles. The van der Waals surface area contributed by atoms with Gasteiger partial charge in [0.15, 0.2) is 0 Å². The summed E-state index contributed by atoms with van der Waals surface area (Å²) < 4.78 is 0. The Morgan fingerprint density at radius 2 is 1.74 bits per heavy atom. The fourth-order valence-corrected chi connectivity index (χ4v) is 4.01. The van der Waals surface area contributed by atoms with Crippen LogP contribution in [0, 0.1) is 20.8 Å². The lowest BCUT2D eigenvalue weighted by Crippen LogP contribution is -1.97. The van der Waals surface area contributed by atoms with E-state index in [4.69, 9.17) is 0 Å². The predicted molar refractivity (Wildman–Crippen MR) is 89.7 cm³/mol. The van der Waals surface area contributed by atoms with E-state index in [0.29, 0.717) is 0 Å². The van der Waals surface area contributed by atoms with Crippen LogP contribution >= 0.6 is 0 Å². The Morgan fingerprint density at radius 3 is 2.32 bits per heavy atom. The molecule has 0 nitrogen and oxygen atoms in total. The molecule has 1 aliphatic carbocycles. The molecule has 0 amide bonds. The smallest absolute Gasteiger partial charge is 0.0341 e. The van der Waals surface area contributed by atoms with E-state index < -0.39 is 0 Å². The fraction of sp³-hybridized carbons (Fsp3) is 0.444. The zero-order valence-corrected chi connectivity index (χ0v) is 15.1. The van der Waals surface area contributed by atoms with Gasteiger partial charge in [-0.2, -0.15) is 0 Å². The lowest BCUT2D eigenvalue weighted by molar-refractivity contribution is 0.799. The third-order valence-electron chi connectivity index (χ3n) is 4.18. The van der Waals surface area contributed by atoms with Crippen molar-refractivity contribution in [1.82, 2.24) is 0 Å². The molecule has 0 aliphatic heterocycles. The second-order valence-electron chi connectivity index (χ2n) is 5.96. The summed E-state index contributed by atoms with van der Waals surface area (Å²) in [5.41, 5.74) is 8.98. The minimum atomic E-state index is 1.20. The molecule has 0 heterocycles. The summed E-state index contributed by atoms with van der Waals surface area (Å²) in [5, 5.41) is 1.71. The van der Waals surface area contributed by atoms with Crippen LogP contribution in [0.2, 0.25) is 0 Å². The Hall–Kier alpha value is -1.08. The van der Waals surface area contributed by atoms with E-state index in [9.17, 15) is 0 Å². The van der Waals surface area contributed by atoms with Crippen LogP contribution in [-0.4, -0.2) is 10.2 Å². The largest absolute Gasteiger partial charge is 0.0843 e. The maximum Gasteiger partial charge on any atom is 0.0341 e. The highest BCUT2D eigenvalue weighted by molar-refractivity contribution is 6.24. The van der Waals surface area contributed by atoms with Crippen LogP contribution in [-0.2, 0) is 0 Å². The number of rotatable bonds is 4. The van der Waals surface area contributed by atoms with Gasteiger partial charge in [0, 0.05) is 10.2 Å². The molecule has 0 radical (unpaired) electrons. The first-order valence-corrected chi connectivity index (χ1v) is 8.52. The monoisotopic (exact) mass is 270 g/mol. The van der Waals surface area contributed by atoms with Gasteiger partial charge in [0.05, 0.1) is 0 Å². The van der Waals surface area contributed by atoms with Gasteiger partial charge in [-0.3, -0.25) is 0 Å². The predicted octanol–water partition coefficient (Wildman–Crippen LogP) is 4.21. The average molecular weight is 270 g/mol. The number of unbranched alkanes of at least 4 members (excludes halogenated alkanes) is 1. The molecular formula is C18H26Si. The maximum atomic E-state index is 2.47. The van der Waals surface area contributed by atoms with Crippen LogP contribution in [0.25, 0.3) is 5.57 Å². The number of allylic oxidation sites excluding steroid dienone is 4. The zero-order chi connectivity index (χ0) is 14.0. The Labute approximate surface area is 121 Å². The Bertz CT molecular complexity index is 524. The molecule has 0 atom stereocenters. The molecule has 0 unspecified atom stereocenters.